The SMILES string of the molecule is Cc1cc(S(C)(=O)=O)c(S(C)(=O)=O)cc1C(=O)N=C(N)N.O=S(=O)(O)O.O=S(=O)(O)O. The van der Waals surface area contributed by atoms with Crippen LogP contribution in [0.15, 0.2) is 26.9 Å². The lowest BCUT2D eigenvalue weighted by Gasteiger charge is -2.10. The Hall–Kier alpha value is -2.20. The fourth-order valence-corrected chi connectivity index (χ4v) is 4.13. The van der Waals surface area contributed by atoms with Crippen molar-refractivity contribution in [3.05, 3.63) is 23.3 Å². The minimum atomic E-state index is -4.67. The molecule has 0 aliphatic heterocycles. The molecule has 0 saturated heterocycles. The zero-order valence-electron chi connectivity index (χ0n) is 15.9. The number of nitrogens with zero attached hydrogens (tertiary/aromatic N) is 1. The Balaban J connectivity index is 0. The quantitative estimate of drug-likeness (QED) is 0.139. The number of sulfone groups is 2. The minimum Gasteiger partial charge on any atom is -0.370 e. The summed E-state index contributed by atoms with van der Waals surface area (Å²) in [6, 6.07) is 2.08. The van der Waals surface area contributed by atoms with Gasteiger partial charge in [-0.1, -0.05) is 0 Å². The third-order valence-corrected chi connectivity index (χ3v) is 4.95. The van der Waals surface area contributed by atoms with E-state index in [4.69, 9.17) is 46.5 Å². The molecule has 1 amide bonds. The number of benzene rings is 1. The number of aliphatic imine (C=N–C) groups is 1. The molecule has 0 unspecified atom stereocenters. The van der Waals surface area contributed by atoms with E-state index in [1.165, 1.54) is 6.92 Å². The van der Waals surface area contributed by atoms with Crippen molar-refractivity contribution in [1.29, 1.82) is 0 Å². The van der Waals surface area contributed by atoms with Crippen LogP contribution in [-0.2, 0) is 40.5 Å². The minimum absolute atomic E-state index is 0.0868. The number of rotatable bonds is 3. The second-order valence-electron chi connectivity index (χ2n) is 5.40. The molecule has 1 rings (SSSR count). The number of amides is 1. The van der Waals surface area contributed by atoms with Gasteiger partial charge in [0.2, 0.25) is 0 Å². The van der Waals surface area contributed by atoms with Gasteiger partial charge in [0.25, 0.3) is 5.91 Å². The van der Waals surface area contributed by atoms with Gasteiger partial charge in [0.15, 0.2) is 25.6 Å². The zero-order chi connectivity index (χ0) is 25.6. The Morgan fingerprint density at radius 2 is 1.06 bits per heavy atom. The van der Waals surface area contributed by atoms with Gasteiger partial charge in [-0.2, -0.15) is 21.8 Å². The molecule has 0 fully saturated rings. The summed E-state index contributed by atoms with van der Waals surface area (Å²) < 4.78 is 110. The molecule has 0 aromatic heterocycles. The van der Waals surface area contributed by atoms with Crippen molar-refractivity contribution in [1.82, 2.24) is 0 Å². The van der Waals surface area contributed by atoms with Gasteiger partial charge < -0.3 is 11.5 Å². The highest BCUT2D eigenvalue weighted by molar-refractivity contribution is 7.93. The van der Waals surface area contributed by atoms with Gasteiger partial charge in [-0.3, -0.25) is 23.0 Å². The number of carbonyl (C=O) groups excluding carboxylic acids is 1. The lowest BCUT2D eigenvalue weighted by molar-refractivity contribution is 0.100. The molecule has 0 radical (unpaired) electrons. The Labute approximate surface area is 178 Å². The average molecular weight is 530 g/mol. The van der Waals surface area contributed by atoms with Gasteiger partial charge in [0.1, 0.15) is 0 Å². The summed E-state index contributed by atoms with van der Waals surface area (Å²) in [4.78, 5) is 14.3. The van der Waals surface area contributed by atoms with Crippen LogP contribution in [0.4, 0.5) is 0 Å². The summed E-state index contributed by atoms with van der Waals surface area (Å²) in [6.07, 6.45) is 1.73. The standard InChI is InChI=1S/C11H15N3O5S2.2H2O4S/c1-6-4-8(20(2,16)17)9(21(3,18)19)5-7(6)10(15)14-11(12)13;2*1-5(2,3)4/h4-5H,1-3H3,(H4,12,13,14,15);2*(H2,1,2,3,4). The number of nitrogens with two attached hydrogens (primary N) is 2. The molecule has 0 saturated carbocycles. The van der Waals surface area contributed by atoms with Gasteiger partial charge in [0.05, 0.1) is 9.79 Å². The third-order valence-electron chi connectivity index (χ3n) is 2.55. The largest absolute Gasteiger partial charge is 0.394 e. The number of hydrogen-bond acceptors (Lipinski definition) is 9. The number of carbonyl (C=O) groups is 1. The van der Waals surface area contributed by atoms with Crippen LogP contribution >= 0.6 is 0 Å². The van der Waals surface area contributed by atoms with Crippen molar-refractivity contribution in [2.24, 2.45) is 16.5 Å². The van der Waals surface area contributed by atoms with E-state index in [1.807, 2.05) is 0 Å². The van der Waals surface area contributed by atoms with Crippen LogP contribution in [0.2, 0.25) is 0 Å². The molecule has 8 N–H and O–H groups in total. The van der Waals surface area contributed by atoms with E-state index in [1.54, 1.807) is 0 Å². The topological polar surface area (TPSA) is 299 Å². The maximum atomic E-state index is 11.8. The van der Waals surface area contributed by atoms with E-state index in [0.717, 1.165) is 24.6 Å². The fourth-order valence-electron chi connectivity index (χ4n) is 1.65. The first-order chi connectivity index (χ1) is 13.3. The van der Waals surface area contributed by atoms with E-state index < -0.39 is 57.2 Å². The molecule has 0 heterocycles. The highest BCUT2D eigenvalue weighted by Gasteiger charge is 2.24. The maximum absolute atomic E-state index is 11.8. The molecule has 1 aromatic carbocycles. The Kier molecular flexibility index (Phi) is 10.9. The molecule has 1 aromatic rings. The van der Waals surface area contributed by atoms with Crippen molar-refractivity contribution >= 4 is 52.3 Å². The van der Waals surface area contributed by atoms with Crippen LogP contribution in [0.3, 0.4) is 0 Å². The average Bonchev–Trinajstić information content (AvgIpc) is 2.39. The lowest BCUT2D eigenvalue weighted by atomic mass is 10.1. The van der Waals surface area contributed by atoms with Crippen LogP contribution in [0.1, 0.15) is 15.9 Å². The Morgan fingerprint density at radius 1 is 0.774 bits per heavy atom. The summed E-state index contributed by atoms with van der Waals surface area (Å²) in [5, 5.41) is 0. The van der Waals surface area contributed by atoms with Crippen molar-refractivity contribution in [2.45, 2.75) is 16.7 Å². The van der Waals surface area contributed by atoms with Crippen LogP contribution < -0.4 is 11.5 Å². The predicted octanol–water partition coefficient (Wildman–Crippen LogP) is -2.09. The molecule has 0 bridgehead atoms. The van der Waals surface area contributed by atoms with Crippen molar-refractivity contribution in [3.8, 4) is 0 Å². The first-order valence-electron chi connectivity index (χ1n) is 6.92. The fraction of sp³-hybridized carbons (Fsp3) is 0.273. The summed E-state index contributed by atoms with van der Waals surface area (Å²) >= 11 is 0. The van der Waals surface area contributed by atoms with Crippen molar-refractivity contribution in [3.63, 3.8) is 0 Å². The van der Waals surface area contributed by atoms with Crippen LogP contribution in [0, 0.1) is 6.92 Å². The summed E-state index contributed by atoms with van der Waals surface area (Å²) in [5.74, 6) is -1.33. The lowest BCUT2D eigenvalue weighted by Crippen LogP contribution is -2.24. The number of aryl methyl sites for hydroxylation is 1. The molecule has 31 heavy (non-hydrogen) atoms. The first-order valence-corrected chi connectivity index (χ1v) is 13.5. The van der Waals surface area contributed by atoms with Crippen LogP contribution in [0.25, 0.3) is 0 Å². The van der Waals surface area contributed by atoms with Gasteiger partial charge in [-0.15, -0.1) is 0 Å². The summed E-state index contributed by atoms with van der Waals surface area (Å²) in [5.41, 5.74) is 10.4. The molecule has 0 atom stereocenters. The number of guanidine groups is 1. The molecule has 0 spiro atoms. The summed E-state index contributed by atoms with van der Waals surface area (Å²) in [6.45, 7) is 1.45. The predicted molar refractivity (Wildman–Crippen MR) is 106 cm³/mol. The molecule has 0 aliphatic carbocycles. The van der Waals surface area contributed by atoms with Crippen LogP contribution in [0.5, 0.6) is 0 Å². The van der Waals surface area contributed by atoms with Gasteiger partial charge in [-0.05, 0) is 24.6 Å². The molecule has 0 aliphatic rings. The highest BCUT2D eigenvalue weighted by atomic mass is 32.3. The Morgan fingerprint density at radius 3 is 1.32 bits per heavy atom. The molecule has 180 valence electrons. The first kappa shape index (κ1) is 31.0. The second-order valence-corrected chi connectivity index (χ2v) is 11.2. The normalized spacial score (nSPS) is 11.8. The smallest absolute Gasteiger partial charge is 0.370 e. The van der Waals surface area contributed by atoms with Crippen molar-refractivity contribution < 1.29 is 56.7 Å². The second kappa shape index (κ2) is 10.9. The molecular formula is C11H19N3O13S4. The van der Waals surface area contributed by atoms with E-state index in [-0.39, 0.29) is 16.0 Å². The zero-order valence-corrected chi connectivity index (χ0v) is 19.1. The number of hydrogen-bond donors (Lipinski definition) is 6. The Bertz CT molecular complexity index is 1230. The molecular weight excluding hydrogens is 510 g/mol. The molecule has 20 heteroatoms. The van der Waals surface area contributed by atoms with E-state index in [2.05, 4.69) is 4.99 Å². The summed E-state index contributed by atoms with van der Waals surface area (Å²) in [7, 11) is -17.0. The van der Waals surface area contributed by atoms with Gasteiger partial charge in [0, 0.05) is 18.1 Å². The van der Waals surface area contributed by atoms with Crippen molar-refractivity contribution in [2.75, 3.05) is 12.5 Å². The van der Waals surface area contributed by atoms with E-state index >= 15 is 0 Å². The van der Waals surface area contributed by atoms with Gasteiger partial charge >= 0.3 is 20.8 Å². The highest BCUT2D eigenvalue weighted by Crippen LogP contribution is 2.25. The molecule has 16 nitrogen and oxygen atoms in total. The van der Waals surface area contributed by atoms with E-state index in [0.29, 0.717) is 0 Å². The third kappa shape index (κ3) is 16.2. The van der Waals surface area contributed by atoms with Crippen LogP contribution in [-0.4, -0.2) is 76.3 Å². The maximum Gasteiger partial charge on any atom is 0.394 e. The van der Waals surface area contributed by atoms with E-state index in [9.17, 15) is 21.6 Å². The van der Waals surface area contributed by atoms with Gasteiger partial charge in [-0.25, -0.2) is 16.8 Å². The monoisotopic (exact) mass is 529 g/mol.